The largest absolute Gasteiger partial charge is 0.353 e. The lowest BCUT2D eigenvalue weighted by Gasteiger charge is -2.32. The smallest absolute Gasteiger partial charge is 0.243 e. The van der Waals surface area contributed by atoms with Gasteiger partial charge in [0.2, 0.25) is 15.9 Å². The van der Waals surface area contributed by atoms with Crippen LogP contribution in [0.5, 0.6) is 0 Å². The second-order valence-corrected chi connectivity index (χ2v) is 9.86. The van der Waals surface area contributed by atoms with E-state index in [0.29, 0.717) is 37.9 Å². The second kappa shape index (κ2) is 6.93. The molecule has 7 heteroatoms. The van der Waals surface area contributed by atoms with Gasteiger partial charge in [0.1, 0.15) is 5.82 Å². The molecule has 2 bridgehead atoms. The summed E-state index contributed by atoms with van der Waals surface area (Å²) in [5.41, 5.74) is 0. The summed E-state index contributed by atoms with van der Waals surface area (Å²) in [5.74, 6) is 0.936. The molecule has 3 aliphatic rings. The van der Waals surface area contributed by atoms with Crippen LogP contribution in [0.1, 0.15) is 38.5 Å². The van der Waals surface area contributed by atoms with E-state index in [1.54, 1.807) is 0 Å². The first kappa shape index (κ1) is 17.9. The molecule has 5 nitrogen and oxygen atoms in total. The van der Waals surface area contributed by atoms with Crippen molar-refractivity contribution in [2.45, 2.75) is 49.5 Å². The topological polar surface area (TPSA) is 66.5 Å². The SMILES string of the molecule is O=C(N[C@H]1C[C@@H]2CC[C@@H]1C2)C1CCN(S(=O)(=O)c2ccc(F)cc2)CC1. The fourth-order valence-electron chi connectivity index (χ4n) is 4.84. The van der Waals surface area contributed by atoms with E-state index in [4.69, 9.17) is 0 Å². The van der Waals surface area contributed by atoms with Gasteiger partial charge in [0, 0.05) is 25.0 Å². The summed E-state index contributed by atoms with van der Waals surface area (Å²) in [6.45, 7) is 0.656. The van der Waals surface area contributed by atoms with Crippen molar-refractivity contribution in [2.24, 2.45) is 17.8 Å². The summed E-state index contributed by atoms with van der Waals surface area (Å²) in [6.07, 6.45) is 5.95. The molecule has 3 fully saturated rings. The van der Waals surface area contributed by atoms with E-state index in [9.17, 15) is 17.6 Å². The Morgan fingerprint density at radius 3 is 2.31 bits per heavy atom. The lowest BCUT2D eigenvalue weighted by atomic mass is 9.93. The Bertz CT molecular complexity index is 772. The Balaban J connectivity index is 1.33. The van der Waals surface area contributed by atoms with E-state index in [2.05, 4.69) is 5.32 Å². The zero-order valence-electron chi connectivity index (χ0n) is 14.7. The van der Waals surface area contributed by atoms with Crippen LogP contribution < -0.4 is 5.32 Å². The minimum Gasteiger partial charge on any atom is -0.353 e. The molecule has 2 aliphatic carbocycles. The Morgan fingerprint density at radius 1 is 1.04 bits per heavy atom. The highest BCUT2D eigenvalue weighted by atomic mass is 32.2. The molecule has 0 radical (unpaired) electrons. The van der Waals surface area contributed by atoms with Gasteiger partial charge in [-0.1, -0.05) is 6.42 Å². The number of hydrogen-bond donors (Lipinski definition) is 1. The molecule has 1 saturated heterocycles. The molecule has 0 unspecified atom stereocenters. The summed E-state index contributed by atoms with van der Waals surface area (Å²) >= 11 is 0. The molecule has 1 aliphatic heterocycles. The van der Waals surface area contributed by atoms with Gasteiger partial charge in [0.05, 0.1) is 4.90 Å². The molecule has 4 rings (SSSR count). The van der Waals surface area contributed by atoms with Crippen LogP contribution >= 0.6 is 0 Å². The van der Waals surface area contributed by atoms with E-state index in [1.165, 1.54) is 35.7 Å². The molecule has 26 heavy (non-hydrogen) atoms. The van der Waals surface area contributed by atoms with E-state index < -0.39 is 15.8 Å². The standard InChI is InChI=1S/C19H25FN2O3S/c20-16-3-5-17(6-4-16)26(24,25)22-9-7-14(8-10-22)19(23)21-18-12-13-1-2-15(18)11-13/h3-6,13-15,18H,1-2,7-12H2,(H,21,23)/t13-,15-,18+/m1/s1. The van der Waals surface area contributed by atoms with Crippen molar-refractivity contribution in [2.75, 3.05) is 13.1 Å². The van der Waals surface area contributed by atoms with Crippen LogP contribution in [0.3, 0.4) is 0 Å². The minimum atomic E-state index is -3.62. The van der Waals surface area contributed by atoms with Gasteiger partial charge in [-0.15, -0.1) is 0 Å². The monoisotopic (exact) mass is 380 g/mol. The van der Waals surface area contributed by atoms with Crippen molar-refractivity contribution in [1.29, 1.82) is 0 Å². The number of hydrogen-bond acceptors (Lipinski definition) is 3. The third kappa shape index (κ3) is 3.39. The first-order chi connectivity index (χ1) is 12.4. The van der Waals surface area contributed by atoms with Crippen molar-refractivity contribution in [3.05, 3.63) is 30.1 Å². The van der Waals surface area contributed by atoms with Crippen LogP contribution in [-0.4, -0.2) is 37.8 Å². The third-order valence-corrected chi connectivity index (χ3v) is 8.25. The normalized spacial score (nSPS) is 29.8. The molecule has 1 aromatic carbocycles. The van der Waals surface area contributed by atoms with Crippen molar-refractivity contribution in [3.63, 3.8) is 0 Å². The first-order valence-corrected chi connectivity index (χ1v) is 10.9. The second-order valence-electron chi connectivity index (χ2n) is 7.92. The van der Waals surface area contributed by atoms with Crippen LogP contribution in [0.2, 0.25) is 0 Å². The highest BCUT2D eigenvalue weighted by Crippen LogP contribution is 2.44. The van der Waals surface area contributed by atoms with Gasteiger partial charge in [0.25, 0.3) is 0 Å². The van der Waals surface area contributed by atoms with E-state index in [0.717, 1.165) is 24.5 Å². The average molecular weight is 380 g/mol. The average Bonchev–Trinajstić information content (AvgIpc) is 3.25. The molecule has 0 aromatic heterocycles. The third-order valence-electron chi connectivity index (χ3n) is 6.34. The summed E-state index contributed by atoms with van der Waals surface area (Å²) < 4.78 is 39.7. The summed E-state index contributed by atoms with van der Waals surface area (Å²) in [5, 5.41) is 3.22. The van der Waals surface area contributed by atoms with Crippen molar-refractivity contribution in [3.8, 4) is 0 Å². The van der Waals surface area contributed by atoms with Crippen molar-refractivity contribution in [1.82, 2.24) is 9.62 Å². The van der Waals surface area contributed by atoms with E-state index >= 15 is 0 Å². The minimum absolute atomic E-state index is 0.0846. The fraction of sp³-hybridized carbons (Fsp3) is 0.632. The molecule has 142 valence electrons. The Morgan fingerprint density at radius 2 is 1.73 bits per heavy atom. The molecular weight excluding hydrogens is 355 g/mol. The molecule has 3 atom stereocenters. The van der Waals surface area contributed by atoms with Crippen LogP contribution in [0, 0.1) is 23.6 Å². The highest BCUT2D eigenvalue weighted by Gasteiger charge is 2.41. The Hall–Kier alpha value is -1.47. The van der Waals surface area contributed by atoms with E-state index in [1.807, 2.05) is 0 Å². The molecule has 0 spiro atoms. The number of amides is 1. The molecule has 1 aromatic rings. The van der Waals surface area contributed by atoms with E-state index in [-0.39, 0.29) is 16.7 Å². The zero-order valence-corrected chi connectivity index (χ0v) is 15.6. The maximum Gasteiger partial charge on any atom is 0.243 e. The molecule has 1 heterocycles. The number of carbonyl (C=O) groups excluding carboxylic acids is 1. The highest BCUT2D eigenvalue weighted by molar-refractivity contribution is 7.89. The molecule has 1 N–H and O–H groups in total. The quantitative estimate of drug-likeness (QED) is 0.873. The molecule has 1 amide bonds. The maximum atomic E-state index is 13.0. The molecule has 2 saturated carbocycles. The predicted molar refractivity (Wildman–Crippen MR) is 95.3 cm³/mol. The van der Waals surface area contributed by atoms with Gasteiger partial charge in [0.15, 0.2) is 0 Å². The number of carbonyl (C=O) groups is 1. The first-order valence-electron chi connectivity index (χ1n) is 9.49. The lowest BCUT2D eigenvalue weighted by molar-refractivity contribution is -0.127. The number of piperidine rings is 1. The summed E-state index contributed by atoms with van der Waals surface area (Å²) in [7, 11) is -3.62. The zero-order chi connectivity index (χ0) is 18.3. The summed E-state index contributed by atoms with van der Waals surface area (Å²) in [6, 6.07) is 5.21. The van der Waals surface area contributed by atoms with Crippen LogP contribution in [-0.2, 0) is 14.8 Å². The number of nitrogens with one attached hydrogen (secondary N) is 1. The van der Waals surface area contributed by atoms with Gasteiger partial charge in [-0.25, -0.2) is 12.8 Å². The molecular formula is C19H25FN2O3S. The van der Waals surface area contributed by atoms with Crippen LogP contribution in [0.15, 0.2) is 29.2 Å². The van der Waals surface area contributed by atoms with Crippen LogP contribution in [0.4, 0.5) is 4.39 Å². The number of sulfonamides is 1. The number of halogens is 1. The van der Waals surface area contributed by atoms with Gasteiger partial charge in [-0.3, -0.25) is 4.79 Å². The van der Waals surface area contributed by atoms with Crippen molar-refractivity contribution < 1.29 is 17.6 Å². The van der Waals surface area contributed by atoms with Gasteiger partial charge >= 0.3 is 0 Å². The van der Waals surface area contributed by atoms with Gasteiger partial charge in [-0.2, -0.15) is 4.31 Å². The van der Waals surface area contributed by atoms with Crippen LogP contribution in [0.25, 0.3) is 0 Å². The number of fused-ring (bicyclic) bond motifs is 2. The number of nitrogens with zero attached hydrogens (tertiary/aromatic N) is 1. The Labute approximate surface area is 154 Å². The predicted octanol–water partition coefficient (Wildman–Crippen LogP) is 2.53. The lowest BCUT2D eigenvalue weighted by Crippen LogP contribution is -2.46. The number of benzene rings is 1. The number of rotatable bonds is 4. The summed E-state index contributed by atoms with van der Waals surface area (Å²) in [4.78, 5) is 12.7. The fourth-order valence-corrected chi connectivity index (χ4v) is 6.31. The van der Waals surface area contributed by atoms with Gasteiger partial charge in [-0.05, 0) is 68.2 Å². The Kier molecular flexibility index (Phi) is 4.77. The van der Waals surface area contributed by atoms with Crippen molar-refractivity contribution >= 4 is 15.9 Å². The maximum absolute atomic E-state index is 13.0. The van der Waals surface area contributed by atoms with Gasteiger partial charge < -0.3 is 5.32 Å².